The van der Waals surface area contributed by atoms with Crippen LogP contribution in [0.25, 0.3) is 0 Å². The van der Waals surface area contributed by atoms with Gasteiger partial charge in [-0.25, -0.2) is 0 Å². The van der Waals surface area contributed by atoms with E-state index in [0.29, 0.717) is 6.04 Å². The molecule has 0 radical (unpaired) electrons. The van der Waals surface area contributed by atoms with Crippen molar-refractivity contribution < 1.29 is 0 Å². The summed E-state index contributed by atoms with van der Waals surface area (Å²) in [4.78, 5) is 2.44. The minimum absolute atomic E-state index is 0.653. The van der Waals surface area contributed by atoms with Crippen LogP contribution in [0.3, 0.4) is 0 Å². The molecule has 1 aromatic carbocycles. The van der Waals surface area contributed by atoms with Crippen LogP contribution in [0.4, 0.5) is 5.69 Å². The number of benzene rings is 1. The Kier molecular flexibility index (Phi) is 3.17. The van der Waals surface area contributed by atoms with E-state index in [1.54, 1.807) is 0 Å². The lowest BCUT2D eigenvalue weighted by atomic mass is 10.1. The second-order valence-electron chi connectivity index (χ2n) is 4.27. The second-order valence-corrected chi connectivity index (χ2v) is 4.68. The monoisotopic (exact) mass is 224 g/mol. The van der Waals surface area contributed by atoms with Crippen LogP contribution >= 0.6 is 11.6 Å². The van der Waals surface area contributed by atoms with Crippen LogP contribution in [0.15, 0.2) is 18.2 Å². The van der Waals surface area contributed by atoms with E-state index < -0.39 is 0 Å². The van der Waals surface area contributed by atoms with Gasteiger partial charge in [0.05, 0.1) is 0 Å². The first kappa shape index (κ1) is 10.8. The zero-order valence-electron chi connectivity index (χ0n) is 9.04. The van der Waals surface area contributed by atoms with Crippen LogP contribution < -0.4 is 5.73 Å². The fourth-order valence-electron chi connectivity index (χ4n) is 2.17. The molecule has 1 heterocycles. The Hall–Kier alpha value is -0.730. The highest BCUT2D eigenvalue weighted by Crippen LogP contribution is 2.27. The summed E-state index contributed by atoms with van der Waals surface area (Å²) in [6.07, 6.45) is 2.57. The number of halogens is 1. The fourth-order valence-corrected chi connectivity index (χ4v) is 2.41. The molecule has 1 unspecified atom stereocenters. The molecule has 15 heavy (non-hydrogen) atoms. The molecule has 0 amide bonds. The number of rotatable bonds is 2. The SMILES string of the molecule is CC1CCCN1Cc1c(N)cccc1Cl. The molecule has 0 spiro atoms. The van der Waals surface area contributed by atoms with E-state index in [1.165, 1.54) is 12.8 Å². The summed E-state index contributed by atoms with van der Waals surface area (Å²) >= 11 is 6.15. The molecule has 2 rings (SSSR count). The van der Waals surface area contributed by atoms with Crippen molar-refractivity contribution in [3.05, 3.63) is 28.8 Å². The van der Waals surface area contributed by atoms with Gasteiger partial charge < -0.3 is 5.73 Å². The largest absolute Gasteiger partial charge is 0.398 e. The third-order valence-corrected chi connectivity index (χ3v) is 3.56. The summed E-state index contributed by atoms with van der Waals surface area (Å²) < 4.78 is 0. The number of likely N-dealkylation sites (tertiary alicyclic amines) is 1. The number of hydrogen-bond donors (Lipinski definition) is 1. The summed E-state index contributed by atoms with van der Waals surface area (Å²) in [5.74, 6) is 0. The van der Waals surface area contributed by atoms with Gasteiger partial charge in [0.1, 0.15) is 0 Å². The average molecular weight is 225 g/mol. The highest BCUT2D eigenvalue weighted by Gasteiger charge is 2.21. The number of anilines is 1. The Morgan fingerprint density at radius 3 is 2.93 bits per heavy atom. The van der Waals surface area contributed by atoms with E-state index in [1.807, 2.05) is 18.2 Å². The van der Waals surface area contributed by atoms with Crippen molar-refractivity contribution in [3.8, 4) is 0 Å². The molecule has 1 saturated heterocycles. The van der Waals surface area contributed by atoms with Gasteiger partial charge in [-0.1, -0.05) is 17.7 Å². The summed E-state index contributed by atoms with van der Waals surface area (Å²) in [6, 6.07) is 6.38. The topological polar surface area (TPSA) is 29.3 Å². The van der Waals surface area contributed by atoms with E-state index in [4.69, 9.17) is 17.3 Å². The summed E-state index contributed by atoms with van der Waals surface area (Å²) in [7, 11) is 0. The maximum atomic E-state index is 6.15. The lowest BCUT2D eigenvalue weighted by Gasteiger charge is -2.22. The van der Waals surface area contributed by atoms with E-state index >= 15 is 0 Å². The van der Waals surface area contributed by atoms with Crippen LogP contribution in [-0.2, 0) is 6.54 Å². The van der Waals surface area contributed by atoms with Crippen molar-refractivity contribution in [2.24, 2.45) is 0 Å². The summed E-state index contributed by atoms with van der Waals surface area (Å²) in [5, 5.41) is 0.786. The molecule has 0 aliphatic carbocycles. The molecule has 1 atom stereocenters. The maximum Gasteiger partial charge on any atom is 0.0471 e. The second kappa shape index (κ2) is 4.42. The highest BCUT2D eigenvalue weighted by atomic mass is 35.5. The fraction of sp³-hybridized carbons (Fsp3) is 0.500. The number of nitrogens with two attached hydrogens (primary N) is 1. The third-order valence-electron chi connectivity index (χ3n) is 3.21. The van der Waals surface area contributed by atoms with E-state index in [-0.39, 0.29) is 0 Å². The number of hydrogen-bond acceptors (Lipinski definition) is 2. The Labute approximate surface area is 96.0 Å². The van der Waals surface area contributed by atoms with Gasteiger partial charge in [-0.15, -0.1) is 0 Å². The predicted molar refractivity (Wildman–Crippen MR) is 65.0 cm³/mol. The molecular formula is C12H17ClN2. The summed E-state index contributed by atoms with van der Waals surface area (Å²) in [5.41, 5.74) is 7.82. The maximum absolute atomic E-state index is 6.15. The predicted octanol–water partition coefficient (Wildman–Crippen LogP) is 2.91. The first-order valence-corrected chi connectivity index (χ1v) is 5.83. The average Bonchev–Trinajstić information content (AvgIpc) is 2.58. The minimum atomic E-state index is 0.653. The molecule has 1 aliphatic heterocycles. The van der Waals surface area contributed by atoms with E-state index in [0.717, 1.165) is 29.4 Å². The molecule has 82 valence electrons. The molecular weight excluding hydrogens is 208 g/mol. The van der Waals surface area contributed by atoms with Crippen molar-refractivity contribution in [2.45, 2.75) is 32.4 Å². The van der Waals surface area contributed by atoms with Crippen LogP contribution in [0.5, 0.6) is 0 Å². The lowest BCUT2D eigenvalue weighted by molar-refractivity contribution is 0.261. The van der Waals surface area contributed by atoms with Gasteiger partial charge >= 0.3 is 0 Å². The molecule has 1 aromatic rings. The van der Waals surface area contributed by atoms with Gasteiger partial charge in [0.15, 0.2) is 0 Å². The molecule has 1 fully saturated rings. The van der Waals surface area contributed by atoms with Gasteiger partial charge in [0.2, 0.25) is 0 Å². The van der Waals surface area contributed by atoms with Crippen molar-refractivity contribution in [3.63, 3.8) is 0 Å². The zero-order valence-corrected chi connectivity index (χ0v) is 9.80. The first-order chi connectivity index (χ1) is 7.18. The standard InChI is InChI=1S/C12H17ClN2/c1-9-4-3-7-15(9)8-10-11(13)5-2-6-12(10)14/h2,5-6,9H,3-4,7-8,14H2,1H3. The molecule has 0 saturated carbocycles. The molecule has 3 heteroatoms. The zero-order chi connectivity index (χ0) is 10.8. The van der Waals surface area contributed by atoms with E-state index in [2.05, 4.69) is 11.8 Å². The smallest absolute Gasteiger partial charge is 0.0471 e. The van der Waals surface area contributed by atoms with E-state index in [9.17, 15) is 0 Å². The lowest BCUT2D eigenvalue weighted by Crippen LogP contribution is -2.26. The van der Waals surface area contributed by atoms with Crippen molar-refractivity contribution in [1.29, 1.82) is 0 Å². The number of nitrogens with zero attached hydrogens (tertiary/aromatic N) is 1. The van der Waals surface area contributed by atoms with Gasteiger partial charge in [-0.2, -0.15) is 0 Å². The van der Waals surface area contributed by atoms with Crippen LogP contribution in [0, 0.1) is 0 Å². The normalized spacial score (nSPS) is 22.1. The Balaban J connectivity index is 2.16. The van der Waals surface area contributed by atoms with Crippen LogP contribution in [-0.4, -0.2) is 17.5 Å². The third kappa shape index (κ3) is 2.27. The Bertz CT molecular complexity index is 331. The molecule has 2 N–H and O–H groups in total. The molecule has 1 aliphatic rings. The quantitative estimate of drug-likeness (QED) is 0.783. The number of nitrogen functional groups attached to an aromatic ring is 1. The van der Waals surface area contributed by atoms with Crippen molar-refractivity contribution in [2.75, 3.05) is 12.3 Å². The highest BCUT2D eigenvalue weighted by molar-refractivity contribution is 6.31. The molecule has 2 nitrogen and oxygen atoms in total. The summed E-state index contributed by atoms with van der Waals surface area (Å²) in [6.45, 7) is 4.30. The van der Waals surface area contributed by atoms with Crippen LogP contribution in [0.2, 0.25) is 5.02 Å². The first-order valence-electron chi connectivity index (χ1n) is 5.45. The minimum Gasteiger partial charge on any atom is -0.398 e. The Morgan fingerprint density at radius 1 is 1.53 bits per heavy atom. The van der Waals surface area contributed by atoms with Gasteiger partial charge in [-0.05, 0) is 38.4 Å². The molecule has 0 aromatic heterocycles. The van der Waals surface area contributed by atoms with Crippen molar-refractivity contribution in [1.82, 2.24) is 4.90 Å². The van der Waals surface area contributed by atoms with Gasteiger partial charge in [0.25, 0.3) is 0 Å². The Morgan fingerprint density at radius 2 is 2.33 bits per heavy atom. The molecule has 0 bridgehead atoms. The van der Waals surface area contributed by atoms with Crippen molar-refractivity contribution >= 4 is 17.3 Å². The van der Waals surface area contributed by atoms with Crippen LogP contribution in [0.1, 0.15) is 25.3 Å². The van der Waals surface area contributed by atoms with Gasteiger partial charge in [0, 0.05) is 28.9 Å². The van der Waals surface area contributed by atoms with Gasteiger partial charge in [-0.3, -0.25) is 4.90 Å².